The van der Waals surface area contributed by atoms with Crippen LogP contribution in [0.5, 0.6) is 0 Å². The van der Waals surface area contributed by atoms with E-state index in [9.17, 15) is 0 Å². The van der Waals surface area contributed by atoms with Gasteiger partial charge in [0.1, 0.15) is 16.3 Å². The Hall–Kier alpha value is -1.34. The lowest BCUT2D eigenvalue weighted by atomic mass is 10.3. The maximum atomic E-state index is 8.70. The van der Waals surface area contributed by atoms with Gasteiger partial charge >= 0.3 is 0 Å². The highest BCUT2D eigenvalue weighted by Crippen LogP contribution is 2.17. The molecule has 12 heavy (non-hydrogen) atoms. The van der Waals surface area contributed by atoms with Crippen LogP contribution in [0.1, 0.15) is 5.56 Å². The molecule has 2 aromatic rings. The largest absolute Gasteiger partial charge is 0.293 e. The molecular weight excluding hydrogens is 218 g/mol. The fraction of sp³-hybridized carbons (Fsp3) is 0. The van der Waals surface area contributed by atoms with Crippen LogP contribution < -0.4 is 0 Å². The van der Waals surface area contributed by atoms with E-state index in [2.05, 4.69) is 27.0 Å². The smallest absolute Gasteiger partial charge is 0.137 e. The van der Waals surface area contributed by atoms with E-state index in [1.54, 1.807) is 18.5 Å². The van der Waals surface area contributed by atoms with Gasteiger partial charge in [-0.2, -0.15) is 5.26 Å². The molecule has 0 aliphatic rings. The maximum Gasteiger partial charge on any atom is 0.137 e. The average molecular weight is 222 g/mol. The summed E-state index contributed by atoms with van der Waals surface area (Å²) in [7, 11) is 0. The second-order valence-electron chi connectivity index (χ2n) is 2.31. The summed E-state index contributed by atoms with van der Waals surface area (Å²) in [6.45, 7) is 0. The molecule has 0 aromatic carbocycles. The van der Waals surface area contributed by atoms with Crippen LogP contribution in [0.15, 0.2) is 29.1 Å². The van der Waals surface area contributed by atoms with Crippen LogP contribution in [0.3, 0.4) is 0 Å². The van der Waals surface area contributed by atoms with Crippen LogP contribution in [0.4, 0.5) is 0 Å². The SMILES string of the molecule is N#Cc1ccc2nccn2c1Br. The molecule has 0 saturated carbocycles. The van der Waals surface area contributed by atoms with Crippen LogP contribution in [0.25, 0.3) is 5.65 Å². The van der Waals surface area contributed by atoms with Crippen molar-refractivity contribution >= 4 is 21.6 Å². The quantitative estimate of drug-likeness (QED) is 0.639. The molecule has 4 heteroatoms. The standard InChI is InChI=1S/C8H4BrN3/c9-8-6(5-10)1-2-7-11-3-4-12(7)8/h1-4H. The van der Waals surface area contributed by atoms with Crippen molar-refractivity contribution in [2.45, 2.75) is 0 Å². The van der Waals surface area contributed by atoms with Gasteiger partial charge in [-0.05, 0) is 28.1 Å². The molecule has 0 radical (unpaired) electrons. The van der Waals surface area contributed by atoms with Crippen molar-refractivity contribution in [3.63, 3.8) is 0 Å². The summed E-state index contributed by atoms with van der Waals surface area (Å²) in [6, 6.07) is 5.63. The lowest BCUT2D eigenvalue weighted by molar-refractivity contribution is 1.13. The summed E-state index contributed by atoms with van der Waals surface area (Å²) < 4.78 is 2.57. The molecule has 0 unspecified atom stereocenters. The molecule has 0 fully saturated rings. The monoisotopic (exact) mass is 221 g/mol. The average Bonchev–Trinajstić information content (AvgIpc) is 2.53. The molecule has 0 amide bonds. The van der Waals surface area contributed by atoms with Crippen molar-refractivity contribution in [3.8, 4) is 6.07 Å². The molecule has 3 nitrogen and oxygen atoms in total. The lowest BCUT2D eigenvalue weighted by Crippen LogP contribution is -1.88. The molecule has 2 aromatic heterocycles. The van der Waals surface area contributed by atoms with Crippen molar-refractivity contribution in [1.29, 1.82) is 5.26 Å². The number of nitrogens with zero attached hydrogens (tertiary/aromatic N) is 3. The van der Waals surface area contributed by atoms with Crippen LogP contribution >= 0.6 is 15.9 Å². The molecule has 0 aliphatic carbocycles. The van der Waals surface area contributed by atoms with Gasteiger partial charge in [-0.15, -0.1) is 0 Å². The first-order valence-electron chi connectivity index (χ1n) is 3.34. The van der Waals surface area contributed by atoms with E-state index in [0.29, 0.717) is 5.56 Å². The predicted octanol–water partition coefficient (Wildman–Crippen LogP) is 1.97. The Morgan fingerprint density at radius 2 is 2.33 bits per heavy atom. The van der Waals surface area contributed by atoms with Crippen LogP contribution in [-0.4, -0.2) is 9.38 Å². The number of aromatic nitrogens is 2. The number of rotatable bonds is 0. The fourth-order valence-electron chi connectivity index (χ4n) is 1.04. The van der Waals surface area contributed by atoms with Crippen LogP contribution in [-0.2, 0) is 0 Å². The summed E-state index contributed by atoms with van der Waals surface area (Å²) in [5.74, 6) is 0. The highest BCUT2D eigenvalue weighted by Gasteiger charge is 2.02. The zero-order valence-electron chi connectivity index (χ0n) is 6.03. The van der Waals surface area contributed by atoms with Gasteiger partial charge in [0.05, 0.1) is 5.56 Å². The Morgan fingerprint density at radius 3 is 3.08 bits per heavy atom. The maximum absolute atomic E-state index is 8.70. The number of pyridine rings is 1. The van der Waals surface area contributed by atoms with Gasteiger partial charge in [0.2, 0.25) is 0 Å². The molecular formula is C8H4BrN3. The Kier molecular flexibility index (Phi) is 1.59. The Labute approximate surface area is 77.4 Å². The Balaban J connectivity index is 2.89. The predicted molar refractivity (Wildman–Crippen MR) is 47.6 cm³/mol. The van der Waals surface area contributed by atoms with Gasteiger partial charge in [0, 0.05) is 12.4 Å². The minimum Gasteiger partial charge on any atom is -0.293 e. The molecule has 0 N–H and O–H groups in total. The number of hydrogen-bond acceptors (Lipinski definition) is 2. The highest BCUT2D eigenvalue weighted by atomic mass is 79.9. The third-order valence-corrected chi connectivity index (χ3v) is 2.43. The molecule has 0 aliphatic heterocycles. The number of imidazole rings is 1. The van der Waals surface area contributed by atoms with Gasteiger partial charge in [-0.25, -0.2) is 4.98 Å². The van der Waals surface area contributed by atoms with E-state index in [0.717, 1.165) is 10.3 Å². The Morgan fingerprint density at radius 1 is 1.50 bits per heavy atom. The van der Waals surface area contributed by atoms with Gasteiger partial charge < -0.3 is 0 Å². The minimum absolute atomic E-state index is 0.612. The summed E-state index contributed by atoms with van der Waals surface area (Å²) in [6.07, 6.45) is 3.50. The fourth-order valence-corrected chi connectivity index (χ4v) is 1.56. The van der Waals surface area contributed by atoms with Crippen molar-refractivity contribution in [2.75, 3.05) is 0 Å². The number of halogens is 1. The molecule has 0 bridgehead atoms. The molecule has 0 saturated heterocycles. The third kappa shape index (κ3) is 0.908. The van der Waals surface area contributed by atoms with Crippen LogP contribution in [0, 0.1) is 11.3 Å². The zero-order chi connectivity index (χ0) is 8.55. The second kappa shape index (κ2) is 2.61. The van der Waals surface area contributed by atoms with E-state index in [1.807, 2.05) is 10.5 Å². The zero-order valence-corrected chi connectivity index (χ0v) is 7.62. The van der Waals surface area contributed by atoms with Crippen molar-refractivity contribution in [1.82, 2.24) is 9.38 Å². The van der Waals surface area contributed by atoms with Gasteiger partial charge in [-0.1, -0.05) is 0 Å². The second-order valence-corrected chi connectivity index (χ2v) is 3.06. The molecule has 2 heterocycles. The van der Waals surface area contributed by atoms with E-state index < -0.39 is 0 Å². The normalized spacial score (nSPS) is 10.0. The molecule has 0 atom stereocenters. The van der Waals surface area contributed by atoms with Crippen molar-refractivity contribution in [2.24, 2.45) is 0 Å². The van der Waals surface area contributed by atoms with E-state index >= 15 is 0 Å². The lowest BCUT2D eigenvalue weighted by Gasteiger charge is -1.98. The summed E-state index contributed by atoms with van der Waals surface area (Å²) in [5.41, 5.74) is 1.45. The number of fused-ring (bicyclic) bond motifs is 1. The van der Waals surface area contributed by atoms with Gasteiger partial charge in [0.15, 0.2) is 0 Å². The number of nitriles is 1. The number of hydrogen-bond donors (Lipinski definition) is 0. The van der Waals surface area contributed by atoms with E-state index in [-0.39, 0.29) is 0 Å². The molecule has 0 spiro atoms. The molecule has 58 valence electrons. The topological polar surface area (TPSA) is 41.1 Å². The third-order valence-electron chi connectivity index (χ3n) is 1.62. The van der Waals surface area contributed by atoms with Gasteiger partial charge in [-0.3, -0.25) is 4.40 Å². The van der Waals surface area contributed by atoms with Gasteiger partial charge in [0.25, 0.3) is 0 Å². The summed E-state index contributed by atoms with van der Waals surface area (Å²) in [5, 5.41) is 8.70. The minimum atomic E-state index is 0.612. The van der Waals surface area contributed by atoms with E-state index in [4.69, 9.17) is 5.26 Å². The van der Waals surface area contributed by atoms with Crippen LogP contribution in [0.2, 0.25) is 0 Å². The highest BCUT2D eigenvalue weighted by molar-refractivity contribution is 9.10. The summed E-state index contributed by atoms with van der Waals surface area (Å²) in [4.78, 5) is 4.08. The van der Waals surface area contributed by atoms with E-state index in [1.165, 1.54) is 0 Å². The van der Waals surface area contributed by atoms with Crippen molar-refractivity contribution < 1.29 is 0 Å². The first-order chi connectivity index (χ1) is 5.83. The first kappa shape index (κ1) is 7.32. The Bertz CT molecular complexity index is 467. The van der Waals surface area contributed by atoms with Crippen molar-refractivity contribution in [3.05, 3.63) is 34.7 Å². The first-order valence-corrected chi connectivity index (χ1v) is 4.14. The molecule has 2 rings (SSSR count). The summed E-state index contributed by atoms with van der Waals surface area (Å²) >= 11 is 3.32.